The van der Waals surface area contributed by atoms with E-state index in [1.54, 1.807) is 0 Å². The molecular weight excluding hydrogens is 278 g/mol. The van der Waals surface area contributed by atoms with Crippen molar-refractivity contribution in [1.82, 2.24) is 4.98 Å². The summed E-state index contributed by atoms with van der Waals surface area (Å²) in [5, 5.41) is 2.47. The normalized spacial score (nSPS) is 15.0. The zero-order valence-corrected chi connectivity index (χ0v) is 15.4. The first-order valence-corrected chi connectivity index (χ1v) is 8.64. The van der Waals surface area contributed by atoms with Crippen LogP contribution in [-0.2, 0) is 5.41 Å². The second-order valence-corrected chi connectivity index (χ2v) is 6.82. The maximum Gasteiger partial charge on any atom is 0.0779 e. The third-order valence-electron chi connectivity index (χ3n) is 5.34. The minimum Gasteiger partial charge on any atom is -0.256 e. The van der Waals surface area contributed by atoms with Gasteiger partial charge in [-0.3, -0.25) is 4.98 Å². The molecule has 1 heterocycles. The minimum atomic E-state index is 0.115. The van der Waals surface area contributed by atoms with E-state index < -0.39 is 0 Å². The number of rotatable bonds is 4. The van der Waals surface area contributed by atoms with Crippen molar-refractivity contribution in [3.8, 4) is 11.3 Å². The summed E-state index contributed by atoms with van der Waals surface area (Å²) in [4.78, 5) is 4.74. The monoisotopic (exact) mass is 307 g/mol. The molecule has 0 bridgehead atoms. The van der Waals surface area contributed by atoms with Gasteiger partial charge in [-0.1, -0.05) is 70.5 Å². The van der Waals surface area contributed by atoms with Crippen molar-refractivity contribution in [2.24, 2.45) is 5.92 Å². The fourth-order valence-electron chi connectivity index (χ4n) is 3.29. The quantitative estimate of drug-likeness (QED) is 0.799. The molecule has 0 N–H and O–H groups in total. The molecule has 2 rings (SSSR count). The molecule has 1 nitrogen and oxygen atoms in total. The van der Waals surface area contributed by atoms with E-state index in [-0.39, 0.29) is 5.41 Å². The molecule has 0 spiro atoms. The van der Waals surface area contributed by atoms with E-state index in [0.29, 0.717) is 5.92 Å². The highest BCUT2D eigenvalue weighted by molar-refractivity contribution is 5.67. The molecule has 0 aliphatic carbocycles. The summed E-state index contributed by atoms with van der Waals surface area (Å²) in [6.45, 7) is 13.5. The Hall–Kier alpha value is -1.89. The zero-order chi connectivity index (χ0) is 17.0. The molecule has 0 unspecified atom stereocenters. The molecule has 1 aromatic carbocycles. The Morgan fingerprint density at radius 1 is 1.09 bits per heavy atom. The van der Waals surface area contributed by atoms with Crippen molar-refractivity contribution in [3.63, 3.8) is 0 Å². The third-order valence-corrected chi connectivity index (χ3v) is 5.34. The number of aromatic nitrogens is 1. The molecule has 1 atom stereocenters. The van der Waals surface area contributed by atoms with E-state index >= 15 is 0 Å². The standard InChI is InChI=1S/C22H29N/c1-7-16(4)22(5,6)20-13-11-10-12-19(20)21-18(9-3)17(8-2)14-15-23-21/h8-16H,7H2,1-6H3/b17-8-,18-9+/t16-/m0/s1. The van der Waals surface area contributed by atoms with Crippen LogP contribution in [-0.4, -0.2) is 4.98 Å². The molecule has 2 aromatic rings. The summed E-state index contributed by atoms with van der Waals surface area (Å²) >= 11 is 0. The molecular formula is C22H29N. The van der Waals surface area contributed by atoms with Gasteiger partial charge in [-0.2, -0.15) is 0 Å². The fraction of sp³-hybridized carbons (Fsp3) is 0.409. The van der Waals surface area contributed by atoms with E-state index in [4.69, 9.17) is 4.98 Å². The third kappa shape index (κ3) is 3.24. The van der Waals surface area contributed by atoms with Crippen molar-refractivity contribution in [2.75, 3.05) is 0 Å². The lowest BCUT2D eigenvalue weighted by Gasteiger charge is -2.33. The van der Waals surface area contributed by atoms with Crippen molar-refractivity contribution >= 4 is 12.2 Å². The highest BCUT2D eigenvalue weighted by Crippen LogP contribution is 2.38. The SMILES string of the molecule is C/C=c1/ccnc(-c2ccccc2C(C)(C)[C@@H](C)CC)/c1=C/C. The maximum absolute atomic E-state index is 4.74. The Morgan fingerprint density at radius 3 is 2.39 bits per heavy atom. The lowest BCUT2D eigenvalue weighted by atomic mass is 9.71. The van der Waals surface area contributed by atoms with Crippen LogP contribution in [0.1, 0.15) is 53.5 Å². The van der Waals surface area contributed by atoms with Gasteiger partial charge in [0.25, 0.3) is 0 Å². The smallest absolute Gasteiger partial charge is 0.0779 e. The van der Waals surface area contributed by atoms with Crippen LogP contribution < -0.4 is 10.4 Å². The van der Waals surface area contributed by atoms with Gasteiger partial charge in [0.1, 0.15) is 0 Å². The molecule has 1 aromatic heterocycles. The van der Waals surface area contributed by atoms with Crippen molar-refractivity contribution < 1.29 is 0 Å². The van der Waals surface area contributed by atoms with Crippen LogP contribution in [0.15, 0.2) is 36.5 Å². The topological polar surface area (TPSA) is 12.9 Å². The van der Waals surface area contributed by atoms with Gasteiger partial charge in [0.2, 0.25) is 0 Å². The highest BCUT2D eigenvalue weighted by Gasteiger charge is 2.29. The second-order valence-electron chi connectivity index (χ2n) is 6.82. The second kappa shape index (κ2) is 7.12. The Bertz CT molecular complexity index is 784. The minimum absolute atomic E-state index is 0.115. The number of nitrogens with zero attached hydrogens (tertiary/aromatic N) is 1. The van der Waals surface area contributed by atoms with E-state index in [0.717, 1.165) is 5.69 Å². The molecule has 0 amide bonds. The Morgan fingerprint density at radius 2 is 1.78 bits per heavy atom. The molecule has 0 saturated heterocycles. The first-order valence-electron chi connectivity index (χ1n) is 8.64. The van der Waals surface area contributed by atoms with E-state index in [1.165, 1.54) is 28.0 Å². The van der Waals surface area contributed by atoms with Crippen molar-refractivity contribution in [1.29, 1.82) is 0 Å². The maximum atomic E-state index is 4.74. The largest absolute Gasteiger partial charge is 0.256 e. The Kier molecular flexibility index (Phi) is 5.41. The number of benzene rings is 1. The summed E-state index contributed by atoms with van der Waals surface area (Å²) in [5.41, 5.74) is 3.85. The van der Waals surface area contributed by atoms with Crippen LogP contribution in [0.2, 0.25) is 0 Å². The molecule has 0 saturated carbocycles. The number of hydrogen-bond donors (Lipinski definition) is 0. The predicted octanol–water partition coefficient (Wildman–Crippen LogP) is 4.67. The molecule has 0 radical (unpaired) electrons. The molecule has 0 aliphatic heterocycles. The van der Waals surface area contributed by atoms with Gasteiger partial charge in [-0.15, -0.1) is 0 Å². The zero-order valence-electron chi connectivity index (χ0n) is 15.4. The Labute approximate surface area is 140 Å². The summed E-state index contributed by atoms with van der Waals surface area (Å²) in [6, 6.07) is 10.8. The number of pyridine rings is 1. The summed E-state index contributed by atoms with van der Waals surface area (Å²) in [5.74, 6) is 0.610. The lowest BCUT2D eigenvalue weighted by molar-refractivity contribution is 0.335. The van der Waals surface area contributed by atoms with E-state index in [9.17, 15) is 0 Å². The van der Waals surface area contributed by atoms with E-state index in [1.807, 2.05) is 6.20 Å². The van der Waals surface area contributed by atoms with Crippen LogP contribution in [0.3, 0.4) is 0 Å². The fourth-order valence-corrected chi connectivity index (χ4v) is 3.29. The van der Waals surface area contributed by atoms with Gasteiger partial charge in [0.05, 0.1) is 5.69 Å². The summed E-state index contributed by atoms with van der Waals surface area (Å²) in [7, 11) is 0. The summed E-state index contributed by atoms with van der Waals surface area (Å²) in [6.07, 6.45) is 7.42. The van der Waals surface area contributed by atoms with Crippen LogP contribution >= 0.6 is 0 Å². The van der Waals surface area contributed by atoms with Gasteiger partial charge >= 0.3 is 0 Å². The first-order chi connectivity index (χ1) is 11.0. The average Bonchev–Trinajstić information content (AvgIpc) is 2.59. The van der Waals surface area contributed by atoms with Gasteiger partial charge in [-0.25, -0.2) is 0 Å². The average molecular weight is 307 g/mol. The van der Waals surface area contributed by atoms with Crippen LogP contribution in [0, 0.1) is 5.92 Å². The number of hydrogen-bond acceptors (Lipinski definition) is 1. The van der Waals surface area contributed by atoms with Gasteiger partial charge in [-0.05, 0) is 42.0 Å². The Balaban J connectivity index is 2.79. The summed E-state index contributed by atoms with van der Waals surface area (Å²) < 4.78 is 0. The van der Waals surface area contributed by atoms with Crippen molar-refractivity contribution in [2.45, 2.75) is 53.4 Å². The molecule has 0 aliphatic rings. The lowest BCUT2D eigenvalue weighted by Crippen LogP contribution is -2.30. The van der Waals surface area contributed by atoms with Crippen LogP contribution in [0.4, 0.5) is 0 Å². The molecule has 122 valence electrons. The van der Waals surface area contributed by atoms with Gasteiger partial charge < -0.3 is 0 Å². The van der Waals surface area contributed by atoms with Gasteiger partial charge in [0.15, 0.2) is 0 Å². The van der Waals surface area contributed by atoms with Crippen LogP contribution in [0.25, 0.3) is 23.4 Å². The molecule has 0 fully saturated rings. The van der Waals surface area contributed by atoms with Gasteiger partial charge in [0, 0.05) is 17.0 Å². The molecule has 23 heavy (non-hydrogen) atoms. The van der Waals surface area contributed by atoms with Crippen LogP contribution in [0.5, 0.6) is 0 Å². The highest BCUT2D eigenvalue weighted by atomic mass is 14.7. The first kappa shape index (κ1) is 17.5. The van der Waals surface area contributed by atoms with E-state index in [2.05, 4.69) is 84.0 Å². The van der Waals surface area contributed by atoms with Crippen molar-refractivity contribution in [3.05, 3.63) is 52.5 Å². The molecule has 1 heteroatoms. The predicted molar refractivity (Wildman–Crippen MR) is 102 cm³/mol.